The van der Waals surface area contributed by atoms with Gasteiger partial charge in [-0.05, 0) is 42.3 Å². The fraction of sp³-hybridized carbons (Fsp3) is 0.286. The molecule has 12 heteroatoms. The van der Waals surface area contributed by atoms with Gasteiger partial charge in [0, 0.05) is 36.8 Å². The molecule has 174 valence electrons. The number of aryl methyl sites for hydroxylation is 2. The highest BCUT2D eigenvalue weighted by Gasteiger charge is 2.28. The number of benzene rings is 1. The molecule has 1 aromatic carbocycles. The summed E-state index contributed by atoms with van der Waals surface area (Å²) < 4.78 is 34.5. The van der Waals surface area contributed by atoms with Crippen molar-refractivity contribution in [2.75, 3.05) is 25.5 Å². The van der Waals surface area contributed by atoms with E-state index in [2.05, 4.69) is 36.5 Å². The van der Waals surface area contributed by atoms with Crippen molar-refractivity contribution in [3.8, 4) is 11.3 Å². The molecule has 4 aromatic rings. The Morgan fingerprint density at radius 1 is 1.27 bits per heavy atom. The van der Waals surface area contributed by atoms with E-state index in [9.17, 15) is 8.42 Å². The molecule has 33 heavy (non-hydrogen) atoms. The van der Waals surface area contributed by atoms with Crippen LogP contribution < -0.4 is 5.32 Å². The van der Waals surface area contributed by atoms with Gasteiger partial charge in [0.1, 0.15) is 16.4 Å². The molecule has 0 atom stereocenters. The number of rotatable bonds is 8. The van der Waals surface area contributed by atoms with E-state index in [0.717, 1.165) is 15.9 Å². The number of nitrogens with one attached hydrogen (secondary N) is 1. The topological polar surface area (TPSA) is 106 Å². The van der Waals surface area contributed by atoms with Crippen molar-refractivity contribution in [2.24, 2.45) is 0 Å². The van der Waals surface area contributed by atoms with Crippen molar-refractivity contribution in [1.82, 2.24) is 24.1 Å². The van der Waals surface area contributed by atoms with Gasteiger partial charge >= 0.3 is 0 Å². The second-order valence-corrected chi connectivity index (χ2v) is 10.7. The van der Waals surface area contributed by atoms with Crippen LogP contribution in [0, 0.1) is 13.8 Å². The number of hydrogen-bond acceptors (Lipinski definition) is 7. The van der Waals surface area contributed by atoms with Gasteiger partial charge in [-0.25, -0.2) is 17.7 Å². The molecule has 0 aliphatic heterocycles. The van der Waals surface area contributed by atoms with E-state index in [4.69, 9.17) is 16.1 Å². The highest BCUT2D eigenvalue weighted by atomic mass is 79.9. The molecule has 0 bridgehead atoms. The van der Waals surface area contributed by atoms with Crippen molar-refractivity contribution < 1.29 is 12.9 Å². The Bertz CT molecular complexity index is 1400. The van der Waals surface area contributed by atoms with Gasteiger partial charge in [-0.1, -0.05) is 35.0 Å². The summed E-state index contributed by atoms with van der Waals surface area (Å²) in [5.74, 6) is 1.00. The lowest BCUT2D eigenvalue weighted by atomic mass is 10.1. The fourth-order valence-electron chi connectivity index (χ4n) is 3.51. The summed E-state index contributed by atoms with van der Waals surface area (Å²) in [7, 11) is -2.13. The molecule has 0 unspecified atom stereocenters. The average molecular weight is 554 g/mol. The first-order valence-corrected chi connectivity index (χ1v) is 12.7. The minimum atomic E-state index is -3.68. The Morgan fingerprint density at radius 2 is 2.03 bits per heavy atom. The average Bonchev–Trinajstić information content (AvgIpc) is 3.33. The zero-order valence-electron chi connectivity index (χ0n) is 18.2. The third-order valence-electron chi connectivity index (χ3n) is 5.17. The van der Waals surface area contributed by atoms with Crippen LogP contribution in [-0.4, -0.2) is 52.6 Å². The van der Waals surface area contributed by atoms with Gasteiger partial charge in [-0.2, -0.15) is 9.61 Å². The highest BCUT2D eigenvalue weighted by Crippen LogP contribution is 2.30. The molecule has 0 aliphatic rings. The number of fused-ring (bicyclic) bond motifs is 1. The molecule has 3 heterocycles. The summed E-state index contributed by atoms with van der Waals surface area (Å²) in [6.45, 7) is 4.04. The molecule has 3 aromatic heterocycles. The summed E-state index contributed by atoms with van der Waals surface area (Å²) >= 11 is 9.86. The summed E-state index contributed by atoms with van der Waals surface area (Å²) in [6.07, 6.45) is 2.24. The zero-order valence-corrected chi connectivity index (χ0v) is 21.4. The first-order chi connectivity index (χ1) is 15.7. The van der Waals surface area contributed by atoms with E-state index in [1.807, 2.05) is 30.3 Å². The van der Waals surface area contributed by atoms with Crippen LogP contribution in [0.2, 0.25) is 5.02 Å². The number of hydrogen-bond donors (Lipinski definition) is 1. The van der Waals surface area contributed by atoms with Gasteiger partial charge in [0.25, 0.3) is 0 Å². The van der Waals surface area contributed by atoms with Crippen LogP contribution in [0.25, 0.3) is 16.9 Å². The van der Waals surface area contributed by atoms with Gasteiger partial charge in [0.2, 0.25) is 10.0 Å². The largest absolute Gasteiger partial charge is 0.370 e. The Balaban J connectivity index is 1.50. The Hall–Kier alpha value is -2.47. The maximum atomic E-state index is 12.9. The SMILES string of the molecule is Cc1noc(C)c1S(=O)(=O)N(C)CCCNc1cc(-c2ccccc2Cl)nc2c(Br)cnn12. The minimum Gasteiger partial charge on any atom is -0.370 e. The van der Waals surface area contributed by atoms with E-state index in [0.29, 0.717) is 41.6 Å². The van der Waals surface area contributed by atoms with Crippen LogP contribution >= 0.6 is 27.5 Å². The molecule has 0 radical (unpaired) electrons. The van der Waals surface area contributed by atoms with E-state index in [-0.39, 0.29) is 10.7 Å². The van der Waals surface area contributed by atoms with E-state index >= 15 is 0 Å². The molecular formula is C21H22BrClN6O3S. The third kappa shape index (κ3) is 4.63. The minimum absolute atomic E-state index is 0.125. The standard InChI is InChI=1S/C21H22BrClN6O3S/c1-13-20(14(2)32-27-13)33(30,31)28(3)10-6-9-24-19-11-18(15-7-4-5-8-17(15)23)26-21-16(22)12-25-29(19)21/h4-5,7-8,11-12,24H,6,9-10H2,1-3H3. The first-order valence-electron chi connectivity index (χ1n) is 10.1. The van der Waals surface area contributed by atoms with Crippen molar-refractivity contribution in [1.29, 1.82) is 0 Å². The normalized spacial score (nSPS) is 12.1. The van der Waals surface area contributed by atoms with Gasteiger partial charge in [0.05, 0.1) is 16.4 Å². The number of nitrogens with zero attached hydrogens (tertiary/aromatic N) is 5. The van der Waals surface area contributed by atoms with Crippen LogP contribution in [0.1, 0.15) is 17.9 Å². The number of sulfonamides is 1. The summed E-state index contributed by atoms with van der Waals surface area (Å²) in [5.41, 5.74) is 2.51. The van der Waals surface area contributed by atoms with E-state index in [1.165, 1.54) is 4.31 Å². The Labute approximate surface area is 204 Å². The maximum absolute atomic E-state index is 12.9. The van der Waals surface area contributed by atoms with Crippen LogP contribution in [-0.2, 0) is 10.0 Å². The summed E-state index contributed by atoms with van der Waals surface area (Å²) in [6, 6.07) is 9.37. The molecule has 9 nitrogen and oxygen atoms in total. The molecule has 4 rings (SSSR count). The van der Waals surface area contributed by atoms with Crippen LogP contribution in [0.4, 0.5) is 5.82 Å². The van der Waals surface area contributed by atoms with Crippen LogP contribution in [0.5, 0.6) is 0 Å². The predicted octanol–water partition coefficient (Wildman–Crippen LogP) is 4.54. The van der Waals surface area contributed by atoms with Crippen LogP contribution in [0.3, 0.4) is 0 Å². The molecule has 0 saturated carbocycles. The lowest BCUT2D eigenvalue weighted by molar-refractivity contribution is 0.389. The van der Waals surface area contributed by atoms with Gasteiger partial charge in [0.15, 0.2) is 11.4 Å². The number of halogens is 2. The van der Waals surface area contributed by atoms with Crippen molar-refractivity contribution >= 4 is 49.0 Å². The quantitative estimate of drug-likeness (QED) is 0.319. The second kappa shape index (κ2) is 9.41. The fourth-order valence-corrected chi connectivity index (χ4v) is 5.58. The Kier molecular flexibility index (Phi) is 6.76. The molecule has 0 amide bonds. The highest BCUT2D eigenvalue weighted by molar-refractivity contribution is 9.10. The van der Waals surface area contributed by atoms with Crippen molar-refractivity contribution in [2.45, 2.75) is 25.2 Å². The van der Waals surface area contributed by atoms with Gasteiger partial charge < -0.3 is 9.84 Å². The van der Waals surface area contributed by atoms with Gasteiger partial charge in [-0.3, -0.25) is 0 Å². The summed E-state index contributed by atoms with van der Waals surface area (Å²) in [5, 5.41) is 12.1. The molecule has 0 fully saturated rings. The lowest BCUT2D eigenvalue weighted by Crippen LogP contribution is -2.29. The zero-order chi connectivity index (χ0) is 23.8. The molecular weight excluding hydrogens is 532 g/mol. The third-order valence-corrected chi connectivity index (χ3v) is 8.16. The van der Waals surface area contributed by atoms with E-state index in [1.54, 1.807) is 31.6 Å². The molecule has 0 aliphatic carbocycles. The summed E-state index contributed by atoms with van der Waals surface area (Å²) in [4.78, 5) is 4.81. The molecule has 0 spiro atoms. The Morgan fingerprint density at radius 3 is 2.73 bits per heavy atom. The van der Waals surface area contributed by atoms with Gasteiger partial charge in [-0.15, -0.1) is 0 Å². The van der Waals surface area contributed by atoms with Crippen molar-refractivity contribution in [3.63, 3.8) is 0 Å². The van der Waals surface area contributed by atoms with Crippen molar-refractivity contribution in [3.05, 3.63) is 57.5 Å². The number of aromatic nitrogens is 4. The monoisotopic (exact) mass is 552 g/mol. The predicted molar refractivity (Wildman–Crippen MR) is 130 cm³/mol. The van der Waals surface area contributed by atoms with Crippen LogP contribution in [0.15, 0.2) is 50.4 Å². The smallest absolute Gasteiger partial charge is 0.248 e. The van der Waals surface area contributed by atoms with E-state index < -0.39 is 10.0 Å². The number of anilines is 1. The second-order valence-electron chi connectivity index (χ2n) is 7.49. The first kappa shape index (κ1) is 23.7. The maximum Gasteiger partial charge on any atom is 0.248 e. The lowest BCUT2D eigenvalue weighted by Gasteiger charge is -2.17. The molecule has 1 N–H and O–H groups in total. The molecule has 0 saturated heterocycles.